The molecule has 1 heterocycles. The minimum Gasteiger partial charge on any atom is -0.467 e. The lowest BCUT2D eigenvalue weighted by Crippen LogP contribution is -2.32. The molecule has 4 nitrogen and oxygen atoms in total. The van der Waals surface area contributed by atoms with Crippen LogP contribution in [0.5, 0.6) is 0 Å². The number of nitrogens with zero attached hydrogens (tertiary/aromatic N) is 1. The van der Waals surface area contributed by atoms with E-state index in [-0.39, 0.29) is 6.54 Å². The normalized spacial score (nSPS) is 12.8. The smallest absolute Gasteiger partial charge is 0.169 e. The molecule has 0 saturated carbocycles. The number of rotatable bonds is 7. The molecule has 0 aliphatic carbocycles. The molecule has 29 heavy (non-hydrogen) atoms. The zero-order valence-electron chi connectivity index (χ0n) is 15.8. The first-order chi connectivity index (χ1) is 14.2. The van der Waals surface area contributed by atoms with Gasteiger partial charge in [-0.3, -0.25) is 0 Å². The van der Waals surface area contributed by atoms with Crippen molar-refractivity contribution in [3.8, 4) is 0 Å². The summed E-state index contributed by atoms with van der Waals surface area (Å²) in [7, 11) is -3.33. The van der Waals surface area contributed by atoms with Crippen molar-refractivity contribution in [3.63, 3.8) is 0 Å². The molecule has 3 aromatic carbocycles. The maximum atomic E-state index is 14.8. The summed E-state index contributed by atoms with van der Waals surface area (Å²) in [6.07, 6.45) is 1.54. The van der Waals surface area contributed by atoms with E-state index in [4.69, 9.17) is 4.42 Å². The fourth-order valence-corrected chi connectivity index (χ4v) is 6.59. The van der Waals surface area contributed by atoms with Crippen LogP contribution in [0.25, 0.3) is 0 Å². The molecule has 0 fully saturated rings. The average Bonchev–Trinajstić information content (AvgIpc) is 3.30. The molecule has 0 bridgehead atoms. The van der Waals surface area contributed by atoms with Crippen molar-refractivity contribution in [3.05, 3.63) is 121 Å². The van der Waals surface area contributed by atoms with Crippen LogP contribution in [0.1, 0.15) is 17.1 Å². The summed E-state index contributed by atoms with van der Waals surface area (Å²) >= 11 is 0. The second-order valence-corrected chi connectivity index (χ2v) is 9.64. The summed E-state index contributed by atoms with van der Waals surface area (Å²) in [5.74, 6) is -0.401. The summed E-state index contributed by atoms with van der Waals surface area (Å²) in [4.78, 5) is 0. The van der Waals surface area contributed by atoms with Gasteiger partial charge in [-0.25, -0.2) is 0 Å². The van der Waals surface area contributed by atoms with E-state index in [2.05, 4.69) is 0 Å². The molecular formula is C24H22NO3P. The van der Waals surface area contributed by atoms with Gasteiger partial charge >= 0.3 is 0 Å². The van der Waals surface area contributed by atoms with Gasteiger partial charge in [0.1, 0.15) is 5.76 Å². The first kappa shape index (κ1) is 19.4. The number of hydroxylamine groups is 2. The number of hydrogen-bond acceptors (Lipinski definition) is 4. The van der Waals surface area contributed by atoms with Gasteiger partial charge in [0, 0.05) is 10.6 Å². The van der Waals surface area contributed by atoms with Crippen LogP contribution in [0.3, 0.4) is 0 Å². The first-order valence-electron chi connectivity index (χ1n) is 9.43. The van der Waals surface area contributed by atoms with Crippen LogP contribution in [0, 0.1) is 0 Å². The molecule has 0 saturated heterocycles. The molecule has 5 heteroatoms. The third-order valence-corrected chi connectivity index (χ3v) is 8.23. The molecule has 0 amide bonds. The van der Waals surface area contributed by atoms with E-state index in [1.54, 1.807) is 18.4 Å². The molecule has 0 spiro atoms. The number of benzene rings is 3. The van der Waals surface area contributed by atoms with Crippen LogP contribution in [0.15, 0.2) is 114 Å². The molecule has 0 aliphatic heterocycles. The molecule has 4 aromatic rings. The maximum Gasteiger partial charge on any atom is 0.169 e. The van der Waals surface area contributed by atoms with E-state index >= 15 is 0 Å². The monoisotopic (exact) mass is 403 g/mol. The van der Waals surface area contributed by atoms with Crippen LogP contribution >= 0.6 is 7.14 Å². The molecule has 4 rings (SSSR count). The Morgan fingerprint density at radius 2 is 1.28 bits per heavy atom. The maximum absolute atomic E-state index is 14.8. The highest BCUT2D eigenvalue weighted by molar-refractivity contribution is 7.78. The third kappa shape index (κ3) is 3.96. The quantitative estimate of drug-likeness (QED) is 0.341. The molecule has 0 aliphatic rings. The molecule has 1 unspecified atom stereocenters. The molecule has 1 atom stereocenters. The molecule has 146 valence electrons. The molecule has 0 radical (unpaired) electrons. The van der Waals surface area contributed by atoms with Crippen molar-refractivity contribution in [1.82, 2.24) is 5.06 Å². The largest absolute Gasteiger partial charge is 0.467 e. The van der Waals surface area contributed by atoms with Gasteiger partial charge in [0.05, 0.1) is 12.8 Å². The van der Waals surface area contributed by atoms with Gasteiger partial charge < -0.3 is 14.2 Å². The second kappa shape index (κ2) is 8.62. The van der Waals surface area contributed by atoms with Gasteiger partial charge in [-0.15, -0.1) is 0 Å². The summed E-state index contributed by atoms with van der Waals surface area (Å²) in [6.45, 7) is 0.218. The fraction of sp³-hybridized carbons (Fsp3) is 0.0833. The lowest BCUT2D eigenvalue weighted by molar-refractivity contribution is -0.118. The Labute approximate surface area is 170 Å². The minimum absolute atomic E-state index is 0.218. The Bertz CT molecular complexity index is 1020. The Balaban J connectivity index is 1.87. The Morgan fingerprint density at radius 3 is 1.76 bits per heavy atom. The molecule has 1 N–H and O–H groups in total. The summed E-state index contributed by atoms with van der Waals surface area (Å²) in [5, 5.41) is 13.7. The van der Waals surface area contributed by atoms with Gasteiger partial charge in [0.2, 0.25) is 0 Å². The van der Waals surface area contributed by atoms with Gasteiger partial charge in [-0.05, 0) is 17.7 Å². The lowest BCUT2D eigenvalue weighted by atomic mass is 10.2. The van der Waals surface area contributed by atoms with E-state index in [1.165, 1.54) is 0 Å². The second-order valence-electron chi connectivity index (χ2n) is 6.80. The Morgan fingerprint density at radius 1 is 0.759 bits per heavy atom. The zero-order chi connectivity index (χ0) is 20.1. The third-order valence-electron chi connectivity index (χ3n) is 4.89. The van der Waals surface area contributed by atoms with E-state index in [0.29, 0.717) is 16.4 Å². The average molecular weight is 403 g/mol. The SMILES string of the molecule is O=P(c1ccccc1)(c1ccccc1)C(c1ccco1)N(O)Cc1ccccc1. The highest BCUT2D eigenvalue weighted by Gasteiger charge is 2.43. The highest BCUT2D eigenvalue weighted by atomic mass is 31.2. The van der Waals surface area contributed by atoms with Crippen LogP contribution in [-0.4, -0.2) is 10.3 Å². The van der Waals surface area contributed by atoms with Gasteiger partial charge in [-0.1, -0.05) is 91.0 Å². The minimum atomic E-state index is -3.33. The van der Waals surface area contributed by atoms with Crippen molar-refractivity contribution in [2.24, 2.45) is 0 Å². The topological polar surface area (TPSA) is 53.7 Å². The van der Waals surface area contributed by atoms with Crippen molar-refractivity contribution in [2.45, 2.75) is 12.3 Å². The van der Waals surface area contributed by atoms with E-state index in [0.717, 1.165) is 10.6 Å². The Kier molecular flexibility index (Phi) is 5.77. The van der Waals surface area contributed by atoms with Crippen molar-refractivity contribution >= 4 is 17.8 Å². The summed E-state index contributed by atoms with van der Waals surface area (Å²) < 4.78 is 20.5. The van der Waals surface area contributed by atoms with Crippen LogP contribution in [0.2, 0.25) is 0 Å². The molecular weight excluding hydrogens is 381 g/mol. The van der Waals surface area contributed by atoms with Crippen molar-refractivity contribution in [2.75, 3.05) is 0 Å². The van der Waals surface area contributed by atoms with Crippen molar-refractivity contribution in [1.29, 1.82) is 0 Å². The summed E-state index contributed by atoms with van der Waals surface area (Å²) in [5.41, 5.74) is 0.916. The number of furan rings is 1. The predicted molar refractivity (Wildman–Crippen MR) is 115 cm³/mol. The van der Waals surface area contributed by atoms with Crippen LogP contribution < -0.4 is 10.6 Å². The first-order valence-corrected chi connectivity index (χ1v) is 11.2. The van der Waals surface area contributed by atoms with Crippen LogP contribution in [-0.2, 0) is 11.1 Å². The standard InChI is InChI=1S/C24H22NO3P/c26-25(19-20-11-4-1-5-12-20)24(23-17-10-18-28-23)29(27,21-13-6-2-7-14-21)22-15-8-3-9-16-22/h1-18,24,26H,19H2. The van der Waals surface area contributed by atoms with Gasteiger partial charge in [0.15, 0.2) is 12.9 Å². The van der Waals surface area contributed by atoms with E-state index in [1.807, 2.05) is 91.0 Å². The van der Waals surface area contributed by atoms with Gasteiger partial charge in [-0.2, -0.15) is 5.06 Å². The fourth-order valence-electron chi connectivity index (χ4n) is 3.54. The number of hydrogen-bond donors (Lipinski definition) is 1. The summed E-state index contributed by atoms with van der Waals surface area (Å²) in [6, 6.07) is 31.8. The van der Waals surface area contributed by atoms with E-state index in [9.17, 15) is 9.77 Å². The van der Waals surface area contributed by atoms with E-state index < -0.39 is 12.9 Å². The predicted octanol–water partition coefficient (Wildman–Crippen LogP) is 5.18. The van der Waals surface area contributed by atoms with Crippen LogP contribution in [0.4, 0.5) is 0 Å². The lowest BCUT2D eigenvalue weighted by Gasteiger charge is -2.32. The van der Waals surface area contributed by atoms with Crippen molar-refractivity contribution < 1.29 is 14.2 Å². The highest BCUT2D eigenvalue weighted by Crippen LogP contribution is 2.58. The zero-order valence-corrected chi connectivity index (χ0v) is 16.7. The Hall–Kier alpha value is -2.91. The molecule has 1 aromatic heterocycles. The van der Waals surface area contributed by atoms with Gasteiger partial charge in [0.25, 0.3) is 0 Å².